The highest BCUT2D eigenvalue weighted by Crippen LogP contribution is 2.34. The Morgan fingerprint density at radius 2 is 2.06 bits per heavy atom. The molecule has 18 heavy (non-hydrogen) atoms. The molecule has 1 fully saturated rings. The number of hydrogen-bond donors (Lipinski definition) is 1. The minimum absolute atomic E-state index is 0.131. The van der Waals surface area contributed by atoms with Crippen LogP contribution in [-0.4, -0.2) is 13.1 Å². The number of benzene rings is 1. The van der Waals surface area contributed by atoms with Gasteiger partial charge < -0.3 is 10.6 Å². The third-order valence-corrected chi connectivity index (χ3v) is 3.99. The first-order valence-electron chi connectivity index (χ1n) is 6.79. The van der Waals surface area contributed by atoms with E-state index in [1.165, 1.54) is 6.07 Å². The molecule has 0 aliphatic carbocycles. The summed E-state index contributed by atoms with van der Waals surface area (Å²) < 4.78 is 14.1. The average Bonchev–Trinajstić information content (AvgIpc) is 2.77. The largest absolute Gasteiger partial charge is 0.369 e. The van der Waals surface area contributed by atoms with Crippen LogP contribution >= 0.6 is 0 Å². The highest BCUT2D eigenvalue weighted by atomic mass is 19.1. The summed E-state index contributed by atoms with van der Waals surface area (Å²) >= 11 is 0. The van der Waals surface area contributed by atoms with E-state index in [9.17, 15) is 4.39 Å². The van der Waals surface area contributed by atoms with E-state index in [4.69, 9.17) is 5.73 Å². The number of rotatable bonds is 3. The average molecular weight is 250 g/mol. The number of nitrogens with two attached hydrogens (primary N) is 1. The summed E-state index contributed by atoms with van der Waals surface area (Å²) in [4.78, 5) is 2.17. The van der Waals surface area contributed by atoms with E-state index < -0.39 is 0 Å². The zero-order valence-corrected chi connectivity index (χ0v) is 11.5. The fourth-order valence-electron chi connectivity index (χ4n) is 2.77. The van der Waals surface area contributed by atoms with Gasteiger partial charge in [0.1, 0.15) is 5.82 Å². The maximum absolute atomic E-state index is 14.1. The molecule has 2 nitrogen and oxygen atoms in total. The highest BCUT2D eigenvalue weighted by molar-refractivity contribution is 5.56. The zero-order chi connectivity index (χ0) is 13.3. The van der Waals surface area contributed by atoms with Crippen molar-refractivity contribution in [3.63, 3.8) is 0 Å². The Balaban J connectivity index is 2.29. The molecule has 0 aromatic heterocycles. The molecule has 1 saturated heterocycles. The normalized spacial score (nSPS) is 21.7. The van der Waals surface area contributed by atoms with Crippen LogP contribution in [0, 0.1) is 17.7 Å². The van der Waals surface area contributed by atoms with Crippen molar-refractivity contribution in [2.75, 3.05) is 18.0 Å². The Labute approximate surface area is 109 Å². The second-order valence-corrected chi connectivity index (χ2v) is 5.71. The smallest absolute Gasteiger partial charge is 0.146 e. The van der Waals surface area contributed by atoms with Crippen molar-refractivity contribution in [3.8, 4) is 0 Å². The van der Waals surface area contributed by atoms with E-state index in [1.807, 2.05) is 13.0 Å². The van der Waals surface area contributed by atoms with Gasteiger partial charge in [-0.3, -0.25) is 0 Å². The standard InChI is InChI=1S/C15H23FN2/c1-10(2)12-7-8-18(9-12)15-13(11(3)17)5-4-6-14(15)16/h4-6,10-12H,7-9,17H2,1-3H3/t11-,12?/m0/s1. The molecule has 1 aliphatic heterocycles. The minimum Gasteiger partial charge on any atom is -0.369 e. The van der Waals surface area contributed by atoms with Gasteiger partial charge >= 0.3 is 0 Å². The summed E-state index contributed by atoms with van der Waals surface area (Å²) in [6.07, 6.45) is 1.14. The quantitative estimate of drug-likeness (QED) is 0.891. The number of nitrogens with zero attached hydrogens (tertiary/aromatic N) is 1. The van der Waals surface area contributed by atoms with Gasteiger partial charge in [0.15, 0.2) is 0 Å². The monoisotopic (exact) mass is 250 g/mol. The van der Waals surface area contributed by atoms with Crippen LogP contribution in [0.1, 0.15) is 38.8 Å². The Morgan fingerprint density at radius 1 is 1.33 bits per heavy atom. The molecule has 1 unspecified atom stereocenters. The lowest BCUT2D eigenvalue weighted by molar-refractivity contribution is 0.422. The van der Waals surface area contributed by atoms with Gasteiger partial charge in [-0.1, -0.05) is 26.0 Å². The third-order valence-electron chi connectivity index (χ3n) is 3.99. The maximum atomic E-state index is 14.1. The van der Waals surface area contributed by atoms with Crippen molar-refractivity contribution in [3.05, 3.63) is 29.6 Å². The van der Waals surface area contributed by atoms with E-state index in [0.717, 1.165) is 30.8 Å². The number of para-hydroxylation sites is 1. The van der Waals surface area contributed by atoms with Crippen LogP contribution in [0.3, 0.4) is 0 Å². The summed E-state index contributed by atoms with van der Waals surface area (Å²) in [5.74, 6) is 1.17. The Morgan fingerprint density at radius 3 is 2.61 bits per heavy atom. The van der Waals surface area contributed by atoms with Crippen molar-refractivity contribution < 1.29 is 4.39 Å². The number of halogens is 1. The zero-order valence-electron chi connectivity index (χ0n) is 11.5. The van der Waals surface area contributed by atoms with Crippen molar-refractivity contribution in [2.45, 2.75) is 33.2 Å². The van der Waals surface area contributed by atoms with Crippen molar-refractivity contribution in [2.24, 2.45) is 17.6 Å². The first-order valence-corrected chi connectivity index (χ1v) is 6.79. The molecule has 0 saturated carbocycles. The summed E-state index contributed by atoms with van der Waals surface area (Å²) in [6, 6.07) is 5.08. The molecular formula is C15H23FN2. The molecular weight excluding hydrogens is 227 g/mol. The Kier molecular flexibility index (Phi) is 3.91. The second-order valence-electron chi connectivity index (χ2n) is 5.71. The predicted molar refractivity (Wildman–Crippen MR) is 74.2 cm³/mol. The first-order chi connectivity index (χ1) is 8.50. The van der Waals surface area contributed by atoms with Gasteiger partial charge in [-0.25, -0.2) is 4.39 Å². The van der Waals surface area contributed by atoms with Gasteiger partial charge in [0, 0.05) is 19.1 Å². The minimum atomic E-state index is -0.144. The SMILES string of the molecule is CC(C)C1CCN(c2c(F)cccc2[C@H](C)N)C1. The van der Waals surface area contributed by atoms with Gasteiger partial charge in [0.05, 0.1) is 5.69 Å². The molecule has 1 aromatic rings. The van der Waals surface area contributed by atoms with E-state index in [2.05, 4.69) is 18.7 Å². The van der Waals surface area contributed by atoms with Crippen molar-refractivity contribution in [1.82, 2.24) is 0 Å². The van der Waals surface area contributed by atoms with E-state index in [1.54, 1.807) is 6.07 Å². The fourth-order valence-corrected chi connectivity index (χ4v) is 2.77. The Hall–Kier alpha value is -1.09. The Bertz CT molecular complexity index is 415. The molecule has 0 radical (unpaired) electrons. The predicted octanol–water partition coefficient (Wildman–Crippen LogP) is 3.33. The summed E-state index contributed by atoms with van der Waals surface area (Å²) in [5, 5.41) is 0. The lowest BCUT2D eigenvalue weighted by Gasteiger charge is -2.25. The van der Waals surface area contributed by atoms with Gasteiger partial charge in [0.25, 0.3) is 0 Å². The van der Waals surface area contributed by atoms with Crippen LogP contribution in [-0.2, 0) is 0 Å². The molecule has 2 atom stereocenters. The van der Waals surface area contributed by atoms with E-state index in [0.29, 0.717) is 11.8 Å². The first kappa shape index (κ1) is 13.3. The van der Waals surface area contributed by atoms with E-state index >= 15 is 0 Å². The van der Waals surface area contributed by atoms with Crippen LogP contribution in [0.15, 0.2) is 18.2 Å². The summed E-state index contributed by atoms with van der Waals surface area (Å²) in [7, 11) is 0. The molecule has 3 heteroatoms. The lowest BCUT2D eigenvalue weighted by atomic mass is 9.95. The van der Waals surface area contributed by atoms with Crippen molar-refractivity contribution in [1.29, 1.82) is 0 Å². The molecule has 0 spiro atoms. The van der Waals surface area contributed by atoms with E-state index in [-0.39, 0.29) is 11.9 Å². The summed E-state index contributed by atoms with van der Waals surface area (Å²) in [6.45, 7) is 8.26. The fraction of sp³-hybridized carbons (Fsp3) is 0.600. The van der Waals surface area contributed by atoms with Crippen LogP contribution in [0.5, 0.6) is 0 Å². The van der Waals surface area contributed by atoms with Crippen LogP contribution in [0.4, 0.5) is 10.1 Å². The molecule has 0 bridgehead atoms. The van der Waals surface area contributed by atoms with Crippen LogP contribution in [0.2, 0.25) is 0 Å². The van der Waals surface area contributed by atoms with Gasteiger partial charge in [0.2, 0.25) is 0 Å². The highest BCUT2D eigenvalue weighted by Gasteiger charge is 2.28. The van der Waals surface area contributed by atoms with Gasteiger partial charge in [-0.15, -0.1) is 0 Å². The molecule has 1 aromatic carbocycles. The third kappa shape index (κ3) is 2.51. The van der Waals surface area contributed by atoms with Gasteiger partial charge in [-0.2, -0.15) is 0 Å². The molecule has 2 rings (SSSR count). The second kappa shape index (κ2) is 5.27. The molecule has 100 valence electrons. The topological polar surface area (TPSA) is 29.3 Å². The van der Waals surface area contributed by atoms with Crippen LogP contribution in [0.25, 0.3) is 0 Å². The maximum Gasteiger partial charge on any atom is 0.146 e. The number of hydrogen-bond acceptors (Lipinski definition) is 2. The lowest BCUT2D eigenvalue weighted by Crippen LogP contribution is -2.25. The summed E-state index contributed by atoms with van der Waals surface area (Å²) in [5.41, 5.74) is 7.59. The van der Waals surface area contributed by atoms with Gasteiger partial charge in [-0.05, 0) is 36.8 Å². The molecule has 2 N–H and O–H groups in total. The molecule has 1 heterocycles. The van der Waals surface area contributed by atoms with Crippen LogP contribution < -0.4 is 10.6 Å². The molecule has 1 aliphatic rings. The van der Waals surface area contributed by atoms with Crippen molar-refractivity contribution >= 4 is 5.69 Å². The number of anilines is 1. The molecule has 0 amide bonds.